The van der Waals surface area contributed by atoms with Crippen molar-refractivity contribution < 1.29 is 50.4 Å². The molecule has 0 bridgehead atoms. The first-order valence-corrected chi connectivity index (χ1v) is 10.3. The molecule has 13 heteroatoms. The molecule has 1 saturated heterocycles. The van der Waals surface area contributed by atoms with Crippen molar-refractivity contribution in [1.82, 2.24) is 0 Å². The number of benzene rings is 1. The number of rotatable bonds is 6. The summed E-state index contributed by atoms with van der Waals surface area (Å²) in [6, 6.07) is 3.68. The Kier molecular flexibility index (Phi) is 7.23. The number of carbonyl (C=O) groups is 1. The lowest BCUT2D eigenvalue weighted by Gasteiger charge is -2.32. The molecule has 2 aromatic rings. The number of aromatic nitrogens is 1. The van der Waals surface area contributed by atoms with E-state index < -0.39 is 71.5 Å². The van der Waals surface area contributed by atoms with Crippen LogP contribution in [0.1, 0.15) is 37.2 Å². The molecule has 2 heterocycles. The number of nitrogens with zero attached hydrogens (tertiary/aromatic N) is 1. The molecule has 1 aliphatic heterocycles. The number of aliphatic hydroxyl groups excluding tert-OH is 1. The van der Waals surface area contributed by atoms with Crippen molar-refractivity contribution in [1.29, 1.82) is 0 Å². The minimum atomic E-state index is -4.94. The lowest BCUT2D eigenvalue weighted by molar-refractivity contribution is -0.617. The summed E-state index contributed by atoms with van der Waals surface area (Å²) in [6.45, 7) is 0.868. The quantitative estimate of drug-likeness (QED) is 0.353. The SMILES string of the molecule is COc1c([C@H]2[C@H](C(=O)Nc3cc[n+]([O-])c([C@H](F)CO)c3)O[C@@](C)(C(F)(F)F)[C@H]2C)ccc(F)c1F. The van der Waals surface area contributed by atoms with Gasteiger partial charge in [0.1, 0.15) is 6.10 Å². The number of ether oxygens (including phenoxy) is 2. The van der Waals surface area contributed by atoms with Crippen LogP contribution in [-0.4, -0.2) is 42.6 Å². The lowest BCUT2D eigenvalue weighted by atomic mass is 9.77. The highest BCUT2D eigenvalue weighted by molar-refractivity contribution is 5.95. The predicted molar refractivity (Wildman–Crippen MR) is 109 cm³/mol. The van der Waals surface area contributed by atoms with Crippen LogP contribution in [0.5, 0.6) is 5.75 Å². The molecule has 0 radical (unpaired) electrons. The minimum absolute atomic E-state index is 0.111. The van der Waals surface area contributed by atoms with Crippen LogP contribution < -0.4 is 14.8 Å². The van der Waals surface area contributed by atoms with Gasteiger partial charge in [0.05, 0.1) is 19.4 Å². The maximum Gasteiger partial charge on any atom is 0.417 e. The van der Waals surface area contributed by atoms with E-state index >= 15 is 0 Å². The number of alkyl halides is 4. The van der Waals surface area contributed by atoms with Crippen LogP contribution >= 0.6 is 0 Å². The molecule has 192 valence electrons. The van der Waals surface area contributed by atoms with Crippen molar-refractivity contribution in [3.8, 4) is 5.75 Å². The summed E-state index contributed by atoms with van der Waals surface area (Å²) in [7, 11) is 0.998. The van der Waals surface area contributed by atoms with Crippen molar-refractivity contribution in [2.75, 3.05) is 19.0 Å². The van der Waals surface area contributed by atoms with E-state index in [0.717, 1.165) is 45.4 Å². The van der Waals surface area contributed by atoms with E-state index in [1.165, 1.54) is 0 Å². The Morgan fingerprint density at radius 3 is 2.57 bits per heavy atom. The Morgan fingerprint density at radius 2 is 2.00 bits per heavy atom. The number of amides is 1. The molecule has 3 rings (SSSR count). The minimum Gasteiger partial charge on any atom is -0.618 e. The van der Waals surface area contributed by atoms with E-state index in [-0.39, 0.29) is 16.0 Å². The van der Waals surface area contributed by atoms with E-state index in [0.29, 0.717) is 6.07 Å². The summed E-state index contributed by atoms with van der Waals surface area (Å²) in [5, 5.41) is 23.0. The Hall–Kier alpha value is -3.06. The van der Waals surface area contributed by atoms with Crippen LogP contribution in [0.2, 0.25) is 0 Å². The number of hydrogen-bond donors (Lipinski definition) is 2. The molecule has 0 aliphatic carbocycles. The van der Waals surface area contributed by atoms with Gasteiger partial charge >= 0.3 is 6.18 Å². The third kappa shape index (κ3) is 4.61. The number of nitrogens with one attached hydrogen (secondary N) is 1. The van der Waals surface area contributed by atoms with Crippen LogP contribution in [0.3, 0.4) is 0 Å². The molecule has 1 aliphatic rings. The Morgan fingerprint density at radius 1 is 1.34 bits per heavy atom. The maximum absolute atomic E-state index is 14.4. The van der Waals surface area contributed by atoms with Crippen molar-refractivity contribution in [3.63, 3.8) is 0 Å². The molecular weight excluding hydrogens is 486 g/mol. The number of carbonyl (C=O) groups excluding carboxylic acids is 1. The first-order valence-electron chi connectivity index (χ1n) is 10.3. The van der Waals surface area contributed by atoms with Crippen LogP contribution in [-0.2, 0) is 9.53 Å². The van der Waals surface area contributed by atoms with E-state index in [4.69, 9.17) is 14.6 Å². The number of halogens is 6. The van der Waals surface area contributed by atoms with Crippen molar-refractivity contribution >= 4 is 11.6 Å². The first kappa shape index (κ1) is 26.5. The van der Waals surface area contributed by atoms with Crippen LogP contribution in [0, 0.1) is 22.8 Å². The maximum atomic E-state index is 14.4. The number of pyridine rings is 1. The van der Waals surface area contributed by atoms with Crippen LogP contribution in [0.25, 0.3) is 0 Å². The number of aliphatic hydroxyl groups is 1. The Labute approximate surface area is 195 Å². The molecule has 7 nitrogen and oxygen atoms in total. The molecule has 35 heavy (non-hydrogen) atoms. The molecule has 0 spiro atoms. The zero-order valence-corrected chi connectivity index (χ0v) is 18.7. The first-order chi connectivity index (χ1) is 16.3. The smallest absolute Gasteiger partial charge is 0.417 e. The Balaban J connectivity index is 2.06. The highest BCUT2D eigenvalue weighted by Gasteiger charge is 2.65. The normalized spacial score (nSPS) is 25.4. The summed E-state index contributed by atoms with van der Waals surface area (Å²) in [5.41, 5.74) is -3.79. The van der Waals surface area contributed by atoms with Gasteiger partial charge in [0.25, 0.3) is 5.91 Å². The third-order valence-electron chi connectivity index (χ3n) is 6.27. The summed E-state index contributed by atoms with van der Waals surface area (Å²) < 4.78 is 94.2. The number of methoxy groups -OCH3 is 1. The summed E-state index contributed by atoms with van der Waals surface area (Å²) in [6.07, 6.45) is -8.06. The largest absolute Gasteiger partial charge is 0.618 e. The van der Waals surface area contributed by atoms with Gasteiger partial charge in [-0.25, -0.2) is 8.78 Å². The second-order valence-corrected chi connectivity index (χ2v) is 8.25. The zero-order valence-electron chi connectivity index (χ0n) is 18.7. The van der Waals surface area contributed by atoms with E-state index in [2.05, 4.69) is 5.32 Å². The van der Waals surface area contributed by atoms with Crippen molar-refractivity contribution in [2.24, 2.45) is 5.92 Å². The van der Waals surface area contributed by atoms with E-state index in [9.17, 15) is 36.3 Å². The molecule has 2 N–H and O–H groups in total. The monoisotopic (exact) mass is 508 g/mol. The second-order valence-electron chi connectivity index (χ2n) is 8.25. The lowest BCUT2D eigenvalue weighted by Crippen LogP contribution is -2.47. The Bertz CT molecular complexity index is 1110. The predicted octanol–water partition coefficient (Wildman–Crippen LogP) is 3.69. The molecule has 5 atom stereocenters. The van der Waals surface area contributed by atoms with Gasteiger partial charge in [-0.1, -0.05) is 13.0 Å². The molecule has 0 saturated carbocycles. The molecule has 1 amide bonds. The summed E-state index contributed by atoms with van der Waals surface area (Å²) in [5.74, 6) is -7.43. The van der Waals surface area contributed by atoms with Gasteiger partial charge in [0.2, 0.25) is 17.7 Å². The van der Waals surface area contributed by atoms with E-state index in [1.54, 1.807) is 0 Å². The standard InChI is InChI=1S/C22H22F6N2O5/c1-10-16(12-4-5-13(23)17(25)18(12)34-3)19(35-21(10,2)22(26,27)28)20(32)29-11-6-7-30(33)15(8-11)14(24)9-31/h4-8,10,14,16,19,31H,9H2,1-3H3,(H,29,32)/t10-,14+,16-,19+,21+/m0/s1. The van der Waals surface area contributed by atoms with Crippen molar-refractivity contribution in [3.05, 3.63) is 58.6 Å². The molecule has 1 aromatic carbocycles. The second kappa shape index (κ2) is 9.53. The average Bonchev–Trinajstić information content (AvgIpc) is 3.08. The van der Waals surface area contributed by atoms with Gasteiger partial charge < -0.3 is 25.1 Å². The highest BCUT2D eigenvalue weighted by Crippen LogP contribution is 2.55. The highest BCUT2D eigenvalue weighted by atomic mass is 19.4. The number of anilines is 1. The van der Waals surface area contributed by atoms with Gasteiger partial charge in [-0.15, -0.1) is 0 Å². The van der Waals surface area contributed by atoms with Gasteiger partial charge in [0.15, 0.2) is 23.4 Å². The average molecular weight is 508 g/mol. The molecule has 1 aromatic heterocycles. The molecule has 1 fully saturated rings. The zero-order chi connectivity index (χ0) is 26.3. The third-order valence-corrected chi connectivity index (χ3v) is 6.27. The number of hydrogen-bond acceptors (Lipinski definition) is 5. The fraction of sp³-hybridized carbons (Fsp3) is 0.455. The topological polar surface area (TPSA) is 94.7 Å². The fourth-order valence-corrected chi connectivity index (χ4v) is 4.16. The van der Waals surface area contributed by atoms with Crippen LogP contribution in [0.4, 0.5) is 32.0 Å². The summed E-state index contributed by atoms with van der Waals surface area (Å²) >= 11 is 0. The van der Waals surface area contributed by atoms with Crippen LogP contribution in [0.15, 0.2) is 30.5 Å². The van der Waals surface area contributed by atoms with Gasteiger partial charge in [0, 0.05) is 29.5 Å². The van der Waals surface area contributed by atoms with Gasteiger partial charge in [-0.05, 0) is 13.0 Å². The van der Waals surface area contributed by atoms with Crippen molar-refractivity contribution in [2.45, 2.75) is 43.8 Å². The van der Waals surface area contributed by atoms with E-state index in [1.807, 2.05) is 0 Å². The van der Waals surface area contributed by atoms with Gasteiger partial charge in [-0.2, -0.15) is 22.3 Å². The molecule has 0 unspecified atom stereocenters. The summed E-state index contributed by atoms with van der Waals surface area (Å²) in [4.78, 5) is 13.1. The fourth-order valence-electron chi connectivity index (χ4n) is 4.16. The molecular formula is C22H22F6N2O5. The van der Waals surface area contributed by atoms with Gasteiger partial charge in [-0.3, -0.25) is 4.79 Å².